The van der Waals surface area contributed by atoms with Gasteiger partial charge in [0.25, 0.3) is 0 Å². The maximum atomic E-state index is 11.8. The maximum absolute atomic E-state index is 11.8. The molecule has 0 aliphatic heterocycles. The van der Waals surface area contributed by atoms with Crippen LogP contribution in [0.2, 0.25) is 0 Å². The van der Waals surface area contributed by atoms with Crippen LogP contribution in [0.1, 0.15) is 26.2 Å². The molecule has 0 aromatic heterocycles. The molecule has 0 bridgehead atoms. The van der Waals surface area contributed by atoms with Gasteiger partial charge in [0.1, 0.15) is 0 Å². The first-order valence-electron chi connectivity index (χ1n) is 5.47. The van der Waals surface area contributed by atoms with Crippen molar-refractivity contribution >= 4 is 21.6 Å². The molecule has 1 saturated carbocycles. The predicted octanol–water partition coefficient (Wildman–Crippen LogP) is 1.92. The van der Waals surface area contributed by atoms with Crippen LogP contribution >= 0.6 is 11.6 Å². The number of halogens is 1. The minimum atomic E-state index is -3.04. The SMILES string of the molecule is CC1CC1CN(C)S(=O)(=O)CCCCCl. The molecule has 0 aromatic rings. The van der Waals surface area contributed by atoms with Crippen LogP contribution in [0, 0.1) is 11.8 Å². The van der Waals surface area contributed by atoms with E-state index in [2.05, 4.69) is 6.92 Å². The summed E-state index contributed by atoms with van der Waals surface area (Å²) in [5.74, 6) is 2.05. The van der Waals surface area contributed by atoms with Gasteiger partial charge in [-0.25, -0.2) is 12.7 Å². The van der Waals surface area contributed by atoms with Crippen LogP contribution in [0.3, 0.4) is 0 Å². The van der Waals surface area contributed by atoms with E-state index in [0.717, 1.165) is 6.42 Å². The van der Waals surface area contributed by atoms with Gasteiger partial charge in [-0.05, 0) is 31.1 Å². The van der Waals surface area contributed by atoms with Gasteiger partial charge in [0.05, 0.1) is 5.75 Å². The van der Waals surface area contributed by atoms with E-state index in [1.165, 1.54) is 10.7 Å². The summed E-state index contributed by atoms with van der Waals surface area (Å²) in [6.45, 7) is 2.85. The van der Waals surface area contributed by atoms with Gasteiger partial charge in [0, 0.05) is 19.5 Å². The Morgan fingerprint density at radius 2 is 2.00 bits per heavy atom. The smallest absolute Gasteiger partial charge is 0.212 e. The summed E-state index contributed by atoms with van der Waals surface area (Å²) >= 11 is 5.51. The zero-order valence-electron chi connectivity index (χ0n) is 9.45. The molecule has 90 valence electrons. The monoisotopic (exact) mass is 253 g/mol. The second kappa shape index (κ2) is 5.51. The first-order chi connectivity index (χ1) is 6.97. The standard InChI is InChI=1S/C10H20ClNO2S/c1-9-7-10(9)8-12(2)15(13,14)6-4-3-5-11/h9-10H,3-8H2,1-2H3. The third-order valence-electron chi connectivity index (χ3n) is 3.03. The molecule has 0 heterocycles. The van der Waals surface area contributed by atoms with E-state index in [0.29, 0.717) is 30.7 Å². The number of sulfonamides is 1. The van der Waals surface area contributed by atoms with Gasteiger partial charge in [-0.2, -0.15) is 0 Å². The molecule has 0 N–H and O–H groups in total. The molecule has 1 rings (SSSR count). The van der Waals surface area contributed by atoms with E-state index in [1.807, 2.05) is 0 Å². The fourth-order valence-electron chi connectivity index (χ4n) is 1.63. The van der Waals surface area contributed by atoms with Crippen LogP contribution in [0.4, 0.5) is 0 Å². The molecular weight excluding hydrogens is 234 g/mol. The molecular formula is C10H20ClNO2S. The minimum Gasteiger partial charge on any atom is -0.212 e. The first kappa shape index (κ1) is 13.3. The van der Waals surface area contributed by atoms with E-state index in [-0.39, 0.29) is 5.75 Å². The van der Waals surface area contributed by atoms with Crippen molar-refractivity contribution in [2.45, 2.75) is 26.2 Å². The van der Waals surface area contributed by atoms with E-state index < -0.39 is 10.0 Å². The first-order valence-corrected chi connectivity index (χ1v) is 7.61. The molecule has 1 fully saturated rings. The zero-order chi connectivity index (χ0) is 11.5. The van der Waals surface area contributed by atoms with Crippen LogP contribution in [-0.2, 0) is 10.0 Å². The molecule has 15 heavy (non-hydrogen) atoms. The quantitative estimate of drug-likeness (QED) is 0.514. The highest BCUT2D eigenvalue weighted by atomic mass is 35.5. The molecule has 3 nitrogen and oxygen atoms in total. The number of alkyl halides is 1. The molecule has 0 saturated heterocycles. The van der Waals surface area contributed by atoms with Crippen molar-refractivity contribution in [1.29, 1.82) is 0 Å². The third kappa shape index (κ3) is 4.29. The summed E-state index contributed by atoms with van der Waals surface area (Å²) < 4.78 is 25.0. The van der Waals surface area contributed by atoms with Crippen LogP contribution < -0.4 is 0 Å². The minimum absolute atomic E-state index is 0.233. The van der Waals surface area contributed by atoms with Crippen molar-refractivity contribution in [2.75, 3.05) is 25.2 Å². The van der Waals surface area contributed by atoms with Crippen LogP contribution in [0.15, 0.2) is 0 Å². The van der Waals surface area contributed by atoms with Crippen molar-refractivity contribution < 1.29 is 8.42 Å². The van der Waals surface area contributed by atoms with E-state index >= 15 is 0 Å². The largest absolute Gasteiger partial charge is 0.213 e. The molecule has 0 spiro atoms. The Labute approximate surface area is 97.8 Å². The van der Waals surface area contributed by atoms with Gasteiger partial charge in [0.2, 0.25) is 10.0 Å². The fraction of sp³-hybridized carbons (Fsp3) is 1.00. The highest BCUT2D eigenvalue weighted by Crippen LogP contribution is 2.38. The average Bonchev–Trinajstić information content (AvgIpc) is 2.82. The molecule has 0 amide bonds. The maximum Gasteiger partial charge on any atom is 0.213 e. The molecule has 5 heteroatoms. The van der Waals surface area contributed by atoms with Gasteiger partial charge in [-0.3, -0.25) is 0 Å². The Morgan fingerprint density at radius 1 is 1.40 bits per heavy atom. The summed E-state index contributed by atoms with van der Waals surface area (Å²) in [5.41, 5.74) is 0. The van der Waals surface area contributed by atoms with Gasteiger partial charge in [-0.15, -0.1) is 11.6 Å². The van der Waals surface area contributed by atoms with E-state index in [1.54, 1.807) is 7.05 Å². The highest BCUT2D eigenvalue weighted by Gasteiger charge is 2.35. The fourth-order valence-corrected chi connectivity index (χ4v) is 3.12. The molecule has 2 unspecified atom stereocenters. The van der Waals surface area contributed by atoms with Gasteiger partial charge in [0.15, 0.2) is 0 Å². The average molecular weight is 254 g/mol. The number of unbranched alkanes of at least 4 members (excludes halogenated alkanes) is 1. The van der Waals surface area contributed by atoms with Gasteiger partial charge in [-0.1, -0.05) is 6.92 Å². The van der Waals surface area contributed by atoms with E-state index in [9.17, 15) is 8.42 Å². The van der Waals surface area contributed by atoms with Crippen LogP contribution in [0.25, 0.3) is 0 Å². The van der Waals surface area contributed by atoms with Crippen molar-refractivity contribution in [3.63, 3.8) is 0 Å². The lowest BCUT2D eigenvalue weighted by Gasteiger charge is -2.16. The predicted molar refractivity (Wildman–Crippen MR) is 63.6 cm³/mol. The van der Waals surface area contributed by atoms with Gasteiger partial charge >= 0.3 is 0 Å². The van der Waals surface area contributed by atoms with Crippen molar-refractivity contribution in [3.8, 4) is 0 Å². The number of hydrogen-bond donors (Lipinski definition) is 0. The Kier molecular flexibility index (Phi) is 4.87. The lowest BCUT2D eigenvalue weighted by molar-refractivity contribution is 0.443. The van der Waals surface area contributed by atoms with Crippen molar-refractivity contribution in [3.05, 3.63) is 0 Å². The highest BCUT2D eigenvalue weighted by molar-refractivity contribution is 7.89. The molecule has 1 aliphatic carbocycles. The number of rotatable bonds is 7. The van der Waals surface area contributed by atoms with E-state index in [4.69, 9.17) is 11.6 Å². The lowest BCUT2D eigenvalue weighted by atomic mass is 10.3. The molecule has 1 aliphatic rings. The van der Waals surface area contributed by atoms with Gasteiger partial charge < -0.3 is 0 Å². The Morgan fingerprint density at radius 3 is 2.47 bits per heavy atom. The Hall–Kier alpha value is 0.200. The molecule has 0 aromatic carbocycles. The number of nitrogens with zero attached hydrogens (tertiary/aromatic N) is 1. The van der Waals surface area contributed by atoms with Crippen LogP contribution in [-0.4, -0.2) is 37.9 Å². The summed E-state index contributed by atoms with van der Waals surface area (Å²) in [5, 5.41) is 0. The molecule has 2 atom stereocenters. The second-order valence-electron chi connectivity index (χ2n) is 4.47. The molecule has 0 radical (unpaired) electrons. The van der Waals surface area contributed by atoms with Crippen molar-refractivity contribution in [1.82, 2.24) is 4.31 Å². The Bertz CT molecular complexity index is 292. The van der Waals surface area contributed by atoms with Crippen LogP contribution in [0.5, 0.6) is 0 Å². The topological polar surface area (TPSA) is 37.4 Å². The lowest BCUT2D eigenvalue weighted by Crippen LogP contribution is -2.31. The van der Waals surface area contributed by atoms with Crippen molar-refractivity contribution in [2.24, 2.45) is 11.8 Å². The summed E-state index contributed by atoms with van der Waals surface area (Å²) in [6, 6.07) is 0. The normalized spacial score (nSPS) is 25.9. The third-order valence-corrected chi connectivity index (χ3v) is 5.20. The summed E-state index contributed by atoms with van der Waals surface area (Å²) in [7, 11) is -1.35. The zero-order valence-corrected chi connectivity index (χ0v) is 11.0. The second-order valence-corrected chi connectivity index (χ2v) is 7.04. The summed E-state index contributed by atoms with van der Waals surface area (Å²) in [4.78, 5) is 0. The Balaban J connectivity index is 2.32. The summed E-state index contributed by atoms with van der Waals surface area (Å²) in [6.07, 6.45) is 2.60. The number of hydrogen-bond acceptors (Lipinski definition) is 2.